The fraction of sp³-hybridized carbons (Fsp3) is 0.222. The van der Waals surface area contributed by atoms with Crippen LogP contribution >= 0.6 is 0 Å². The monoisotopic (exact) mass is 399 g/mol. The number of carbonyl (C=O) groups is 2. The molecule has 6 nitrogen and oxygen atoms in total. The van der Waals surface area contributed by atoms with E-state index in [1.165, 1.54) is 20.8 Å². The SMILES string of the molecule is CC(C)(C)OC(=O)N(N)C(=O)c1cc(F)c(F)cc1Nc1ccc(F)cc1F. The van der Waals surface area contributed by atoms with E-state index in [0.29, 0.717) is 18.2 Å². The van der Waals surface area contributed by atoms with Crippen molar-refractivity contribution in [3.05, 3.63) is 59.2 Å². The van der Waals surface area contributed by atoms with Crippen LogP contribution in [0.2, 0.25) is 0 Å². The number of hydrazine groups is 1. The molecular formula is C18H17F4N3O3. The van der Waals surface area contributed by atoms with Crippen LogP contribution in [0.15, 0.2) is 30.3 Å². The van der Waals surface area contributed by atoms with E-state index in [4.69, 9.17) is 10.6 Å². The molecule has 2 aromatic rings. The van der Waals surface area contributed by atoms with Crippen molar-refractivity contribution in [2.45, 2.75) is 26.4 Å². The molecular weight excluding hydrogens is 382 g/mol. The Kier molecular flexibility index (Phi) is 5.93. The summed E-state index contributed by atoms with van der Waals surface area (Å²) >= 11 is 0. The normalized spacial score (nSPS) is 11.1. The van der Waals surface area contributed by atoms with Crippen LogP contribution in [0.1, 0.15) is 31.1 Å². The standard InChI is InChI=1S/C18H17F4N3O3/c1-18(2,3)28-17(27)25(23)16(26)10-7-11(20)12(21)8-15(10)24-14-5-4-9(19)6-13(14)22/h4-8,24H,23H2,1-3H3. The molecule has 3 N–H and O–H groups in total. The Morgan fingerprint density at radius 2 is 1.57 bits per heavy atom. The third kappa shape index (κ3) is 4.97. The Bertz CT molecular complexity index is 929. The van der Waals surface area contributed by atoms with Gasteiger partial charge in [0.2, 0.25) is 0 Å². The number of rotatable bonds is 3. The summed E-state index contributed by atoms with van der Waals surface area (Å²) in [5.74, 6) is -0.439. The number of hydrogen-bond acceptors (Lipinski definition) is 5. The molecule has 0 saturated carbocycles. The van der Waals surface area contributed by atoms with Gasteiger partial charge in [-0.1, -0.05) is 0 Å². The summed E-state index contributed by atoms with van der Waals surface area (Å²) in [6.45, 7) is 4.60. The Morgan fingerprint density at radius 3 is 2.14 bits per heavy atom. The van der Waals surface area contributed by atoms with Crippen LogP contribution in [-0.2, 0) is 4.74 Å². The van der Waals surface area contributed by atoms with Gasteiger partial charge in [0.05, 0.1) is 16.9 Å². The Hall–Kier alpha value is -3.14. The number of imide groups is 1. The van der Waals surface area contributed by atoms with E-state index in [1.807, 2.05) is 0 Å². The number of benzene rings is 2. The first-order valence-corrected chi connectivity index (χ1v) is 7.92. The van der Waals surface area contributed by atoms with Gasteiger partial charge in [-0.25, -0.2) is 28.2 Å². The molecule has 2 amide bonds. The minimum absolute atomic E-state index is 0.0735. The molecule has 150 valence electrons. The molecule has 0 saturated heterocycles. The first-order valence-electron chi connectivity index (χ1n) is 7.92. The maximum Gasteiger partial charge on any atom is 0.432 e. The van der Waals surface area contributed by atoms with E-state index in [1.54, 1.807) is 0 Å². The van der Waals surface area contributed by atoms with Crippen molar-refractivity contribution in [3.63, 3.8) is 0 Å². The highest BCUT2D eigenvalue weighted by molar-refractivity contribution is 6.06. The average Bonchev–Trinajstić information content (AvgIpc) is 2.57. The maximum atomic E-state index is 13.9. The molecule has 2 aromatic carbocycles. The van der Waals surface area contributed by atoms with Gasteiger partial charge in [-0.3, -0.25) is 4.79 Å². The van der Waals surface area contributed by atoms with Crippen LogP contribution in [0.4, 0.5) is 33.7 Å². The highest BCUT2D eigenvalue weighted by Gasteiger charge is 2.28. The number of hydrogen-bond donors (Lipinski definition) is 2. The summed E-state index contributed by atoms with van der Waals surface area (Å²) in [5.41, 5.74) is -2.26. The molecule has 10 heteroatoms. The van der Waals surface area contributed by atoms with Gasteiger partial charge < -0.3 is 10.1 Å². The van der Waals surface area contributed by atoms with Gasteiger partial charge in [0, 0.05) is 12.1 Å². The molecule has 0 radical (unpaired) electrons. The summed E-state index contributed by atoms with van der Waals surface area (Å²) in [6, 6.07) is 3.54. The van der Waals surface area contributed by atoms with Crippen molar-refractivity contribution in [1.29, 1.82) is 0 Å². The second-order valence-corrected chi connectivity index (χ2v) is 6.72. The molecule has 0 atom stereocenters. The summed E-state index contributed by atoms with van der Waals surface area (Å²) < 4.78 is 59.2. The van der Waals surface area contributed by atoms with E-state index in [-0.39, 0.29) is 10.7 Å². The van der Waals surface area contributed by atoms with Crippen molar-refractivity contribution in [1.82, 2.24) is 5.01 Å². The average molecular weight is 399 g/mol. The highest BCUT2D eigenvalue weighted by Crippen LogP contribution is 2.27. The number of ether oxygens (including phenoxy) is 1. The molecule has 0 fully saturated rings. The lowest BCUT2D eigenvalue weighted by Crippen LogP contribution is -2.45. The predicted molar refractivity (Wildman–Crippen MR) is 92.6 cm³/mol. The third-order valence-corrected chi connectivity index (χ3v) is 3.30. The van der Waals surface area contributed by atoms with Crippen LogP contribution in [-0.4, -0.2) is 22.6 Å². The number of carbonyl (C=O) groups excluding carboxylic acids is 2. The van der Waals surface area contributed by atoms with Gasteiger partial charge in [-0.15, -0.1) is 0 Å². The number of anilines is 2. The molecule has 0 aromatic heterocycles. The zero-order chi connectivity index (χ0) is 21.2. The van der Waals surface area contributed by atoms with E-state index in [0.717, 1.165) is 12.1 Å². The zero-order valence-corrected chi connectivity index (χ0v) is 15.1. The molecule has 0 bridgehead atoms. The summed E-state index contributed by atoms with van der Waals surface area (Å²) in [7, 11) is 0. The van der Waals surface area contributed by atoms with E-state index < -0.39 is 52.1 Å². The molecule has 28 heavy (non-hydrogen) atoms. The Labute approximate surface area is 157 Å². The minimum Gasteiger partial charge on any atom is -0.442 e. The molecule has 0 heterocycles. The van der Waals surface area contributed by atoms with Crippen molar-refractivity contribution < 1.29 is 31.9 Å². The first kappa shape index (κ1) is 21.2. The number of amides is 2. The fourth-order valence-corrected chi connectivity index (χ4v) is 2.09. The molecule has 0 aliphatic carbocycles. The first-order chi connectivity index (χ1) is 12.9. The lowest BCUT2D eigenvalue weighted by atomic mass is 10.1. The second-order valence-electron chi connectivity index (χ2n) is 6.72. The van der Waals surface area contributed by atoms with Crippen molar-refractivity contribution >= 4 is 23.4 Å². The lowest BCUT2D eigenvalue weighted by molar-refractivity contribution is 0.0239. The van der Waals surface area contributed by atoms with E-state index >= 15 is 0 Å². The lowest BCUT2D eigenvalue weighted by Gasteiger charge is -2.23. The van der Waals surface area contributed by atoms with Crippen molar-refractivity contribution in [3.8, 4) is 0 Å². The minimum atomic E-state index is -1.40. The van der Waals surface area contributed by atoms with Gasteiger partial charge in [-0.2, -0.15) is 5.01 Å². The fourth-order valence-electron chi connectivity index (χ4n) is 2.09. The molecule has 2 rings (SSSR count). The molecule has 0 aliphatic rings. The number of halogens is 4. The van der Waals surface area contributed by atoms with Gasteiger partial charge in [0.1, 0.15) is 17.2 Å². The maximum absolute atomic E-state index is 13.9. The smallest absolute Gasteiger partial charge is 0.432 e. The summed E-state index contributed by atoms with van der Waals surface area (Å²) in [5, 5.41) is 2.43. The van der Waals surface area contributed by atoms with Gasteiger partial charge in [0.15, 0.2) is 11.6 Å². The van der Waals surface area contributed by atoms with E-state index in [9.17, 15) is 27.2 Å². The van der Waals surface area contributed by atoms with Crippen LogP contribution in [0, 0.1) is 23.3 Å². The van der Waals surface area contributed by atoms with Crippen LogP contribution in [0.5, 0.6) is 0 Å². The Balaban J connectivity index is 2.41. The quantitative estimate of drug-likeness (QED) is 0.349. The van der Waals surface area contributed by atoms with Crippen LogP contribution in [0.25, 0.3) is 0 Å². The van der Waals surface area contributed by atoms with Crippen molar-refractivity contribution in [2.24, 2.45) is 5.84 Å². The van der Waals surface area contributed by atoms with Crippen LogP contribution in [0.3, 0.4) is 0 Å². The number of nitrogens with zero attached hydrogens (tertiary/aromatic N) is 1. The third-order valence-electron chi connectivity index (χ3n) is 3.30. The molecule has 0 aliphatic heterocycles. The molecule has 0 unspecified atom stereocenters. The Morgan fingerprint density at radius 1 is 0.964 bits per heavy atom. The number of nitrogens with two attached hydrogens (primary N) is 1. The van der Waals surface area contributed by atoms with Crippen molar-refractivity contribution in [2.75, 3.05) is 5.32 Å². The second kappa shape index (κ2) is 7.85. The largest absolute Gasteiger partial charge is 0.442 e. The van der Waals surface area contributed by atoms with Gasteiger partial charge >= 0.3 is 6.09 Å². The summed E-state index contributed by atoms with van der Waals surface area (Å²) in [4.78, 5) is 24.5. The molecule has 0 spiro atoms. The van der Waals surface area contributed by atoms with Crippen LogP contribution < -0.4 is 11.2 Å². The highest BCUT2D eigenvalue weighted by atomic mass is 19.2. The van der Waals surface area contributed by atoms with Gasteiger partial charge in [0.25, 0.3) is 5.91 Å². The van der Waals surface area contributed by atoms with E-state index in [2.05, 4.69) is 5.32 Å². The number of nitrogens with one attached hydrogen (secondary N) is 1. The topological polar surface area (TPSA) is 84.7 Å². The predicted octanol–water partition coefficient (Wildman–Crippen LogP) is 4.24. The summed E-state index contributed by atoms with van der Waals surface area (Å²) in [6.07, 6.45) is -1.24. The zero-order valence-electron chi connectivity index (χ0n) is 15.1. The van der Waals surface area contributed by atoms with Gasteiger partial charge in [-0.05, 0) is 39.0 Å².